The summed E-state index contributed by atoms with van der Waals surface area (Å²) in [7, 11) is 0. The van der Waals surface area contributed by atoms with E-state index < -0.39 is 12.5 Å². The van der Waals surface area contributed by atoms with Crippen molar-refractivity contribution in [2.45, 2.75) is 52.0 Å². The fourth-order valence-corrected chi connectivity index (χ4v) is 1.51. The third-order valence-electron chi connectivity index (χ3n) is 2.41. The Hall–Kier alpha value is -1.62. The van der Waals surface area contributed by atoms with Crippen molar-refractivity contribution < 1.29 is 14.3 Å². The summed E-state index contributed by atoms with van der Waals surface area (Å²) in [6.45, 7) is 10.8. The van der Waals surface area contributed by atoms with E-state index in [1.165, 1.54) is 12.2 Å². The largest absolute Gasteiger partial charge is 0.336 e. The van der Waals surface area contributed by atoms with E-state index in [2.05, 4.69) is 23.8 Å². The topological polar surface area (TPSA) is 67.4 Å². The zero-order valence-corrected chi connectivity index (χ0v) is 11.8. The molecule has 0 aromatic rings. The molecule has 0 radical (unpaired) electrons. The average Bonchev–Trinajstić information content (AvgIpc) is 2.38. The quantitative estimate of drug-likeness (QED) is 0.469. The van der Waals surface area contributed by atoms with E-state index in [-0.39, 0.29) is 11.8 Å². The Morgan fingerprint density at radius 1 is 1.00 bits per heavy atom. The van der Waals surface area contributed by atoms with E-state index in [0.717, 1.165) is 12.8 Å². The molecule has 108 valence electrons. The molecule has 2 unspecified atom stereocenters. The molecule has 0 bridgehead atoms. The second kappa shape index (κ2) is 10.3. The number of carbonyl (C=O) groups excluding carboxylic acids is 2. The number of nitrogens with one attached hydrogen (secondary N) is 2. The number of ether oxygens (including phenoxy) is 1. The van der Waals surface area contributed by atoms with Crippen molar-refractivity contribution in [3.8, 4) is 0 Å². The fourth-order valence-electron chi connectivity index (χ4n) is 1.51. The number of rotatable bonds is 10. The van der Waals surface area contributed by atoms with Crippen LogP contribution in [0.4, 0.5) is 0 Å². The SMILES string of the molecule is C=CC(=O)NC(CCC)OC(CCC)NC(=O)C=C. The summed E-state index contributed by atoms with van der Waals surface area (Å²) in [5, 5.41) is 5.38. The van der Waals surface area contributed by atoms with Gasteiger partial charge in [0, 0.05) is 0 Å². The van der Waals surface area contributed by atoms with Crippen LogP contribution in [-0.4, -0.2) is 24.3 Å². The van der Waals surface area contributed by atoms with Crippen molar-refractivity contribution in [3.63, 3.8) is 0 Å². The van der Waals surface area contributed by atoms with Gasteiger partial charge in [0.1, 0.15) is 12.5 Å². The molecular formula is C14H24N2O3. The second-order valence-corrected chi connectivity index (χ2v) is 4.12. The molecule has 0 saturated carbocycles. The molecular weight excluding hydrogens is 244 g/mol. The number of hydrogen-bond acceptors (Lipinski definition) is 3. The van der Waals surface area contributed by atoms with Crippen molar-refractivity contribution in [1.29, 1.82) is 0 Å². The van der Waals surface area contributed by atoms with Crippen molar-refractivity contribution in [3.05, 3.63) is 25.3 Å². The zero-order valence-electron chi connectivity index (χ0n) is 11.8. The number of amides is 2. The molecule has 0 heterocycles. The van der Waals surface area contributed by atoms with Crippen LogP contribution in [0.25, 0.3) is 0 Å². The monoisotopic (exact) mass is 268 g/mol. The Kier molecular flexibility index (Phi) is 9.44. The summed E-state index contributed by atoms with van der Waals surface area (Å²) in [5.74, 6) is -0.576. The number of hydrogen-bond donors (Lipinski definition) is 2. The van der Waals surface area contributed by atoms with Crippen LogP contribution < -0.4 is 10.6 Å². The highest BCUT2D eigenvalue weighted by atomic mass is 16.5. The molecule has 0 fully saturated rings. The second-order valence-electron chi connectivity index (χ2n) is 4.12. The molecule has 19 heavy (non-hydrogen) atoms. The Morgan fingerprint density at radius 2 is 1.37 bits per heavy atom. The first-order valence-electron chi connectivity index (χ1n) is 6.58. The van der Waals surface area contributed by atoms with E-state index in [0.29, 0.717) is 12.8 Å². The lowest BCUT2D eigenvalue weighted by atomic mass is 10.2. The maximum atomic E-state index is 11.3. The molecule has 0 rings (SSSR count). The van der Waals surface area contributed by atoms with Gasteiger partial charge in [-0.25, -0.2) is 0 Å². The first-order valence-corrected chi connectivity index (χ1v) is 6.58. The molecule has 0 saturated heterocycles. The standard InChI is InChI=1S/C14H24N2O3/c1-5-9-13(15-11(17)7-3)19-14(10-6-2)16-12(18)8-4/h7-8,13-14H,3-6,9-10H2,1-2H3,(H,15,17)(H,16,18). The van der Waals surface area contributed by atoms with Crippen molar-refractivity contribution >= 4 is 11.8 Å². The van der Waals surface area contributed by atoms with Crippen LogP contribution in [0.2, 0.25) is 0 Å². The molecule has 0 aromatic carbocycles. The van der Waals surface area contributed by atoms with Gasteiger partial charge in [-0.15, -0.1) is 0 Å². The van der Waals surface area contributed by atoms with Crippen LogP contribution in [0.3, 0.4) is 0 Å². The van der Waals surface area contributed by atoms with Gasteiger partial charge < -0.3 is 15.4 Å². The van der Waals surface area contributed by atoms with Crippen LogP contribution in [0, 0.1) is 0 Å². The average molecular weight is 268 g/mol. The molecule has 5 heteroatoms. The smallest absolute Gasteiger partial charge is 0.245 e. The lowest BCUT2D eigenvalue weighted by Gasteiger charge is -2.25. The Labute approximate surface area is 115 Å². The summed E-state index contributed by atoms with van der Waals surface area (Å²) in [6.07, 6.45) is 4.58. The van der Waals surface area contributed by atoms with E-state index in [4.69, 9.17) is 4.74 Å². The summed E-state index contributed by atoms with van der Waals surface area (Å²) >= 11 is 0. The highest BCUT2D eigenvalue weighted by Gasteiger charge is 2.17. The minimum absolute atomic E-state index is 0.288. The van der Waals surface area contributed by atoms with Crippen molar-refractivity contribution in [2.75, 3.05) is 0 Å². The van der Waals surface area contributed by atoms with E-state index in [9.17, 15) is 9.59 Å². The summed E-state index contributed by atoms with van der Waals surface area (Å²) < 4.78 is 5.72. The van der Waals surface area contributed by atoms with Gasteiger partial charge in [0.25, 0.3) is 0 Å². The van der Waals surface area contributed by atoms with E-state index >= 15 is 0 Å². The van der Waals surface area contributed by atoms with Crippen LogP contribution in [-0.2, 0) is 14.3 Å². The molecule has 0 spiro atoms. The molecule has 2 amide bonds. The first kappa shape index (κ1) is 17.4. The van der Waals surface area contributed by atoms with Gasteiger partial charge in [-0.2, -0.15) is 0 Å². The summed E-state index contributed by atoms with van der Waals surface area (Å²) in [4.78, 5) is 22.6. The molecule has 0 aliphatic heterocycles. The Morgan fingerprint density at radius 3 is 1.63 bits per heavy atom. The van der Waals surface area contributed by atoms with Gasteiger partial charge >= 0.3 is 0 Å². The lowest BCUT2D eigenvalue weighted by molar-refractivity contribution is -0.129. The van der Waals surface area contributed by atoms with Crippen LogP contribution in [0.5, 0.6) is 0 Å². The van der Waals surface area contributed by atoms with Gasteiger partial charge in [-0.3, -0.25) is 9.59 Å². The van der Waals surface area contributed by atoms with Gasteiger partial charge in [0.15, 0.2) is 0 Å². The fraction of sp³-hybridized carbons (Fsp3) is 0.571. The summed E-state index contributed by atoms with van der Waals surface area (Å²) in [6, 6.07) is 0. The predicted octanol–water partition coefficient (Wildman–Crippen LogP) is 1.86. The molecule has 0 aliphatic rings. The minimum Gasteiger partial charge on any atom is -0.336 e. The summed E-state index contributed by atoms with van der Waals surface area (Å²) in [5.41, 5.74) is 0. The van der Waals surface area contributed by atoms with E-state index in [1.54, 1.807) is 0 Å². The van der Waals surface area contributed by atoms with Crippen molar-refractivity contribution in [1.82, 2.24) is 10.6 Å². The van der Waals surface area contributed by atoms with Crippen LogP contribution >= 0.6 is 0 Å². The number of carbonyl (C=O) groups is 2. The normalized spacial score (nSPS) is 13.2. The lowest BCUT2D eigenvalue weighted by Crippen LogP contribution is -2.44. The highest BCUT2D eigenvalue weighted by molar-refractivity contribution is 5.87. The predicted molar refractivity (Wildman–Crippen MR) is 75.2 cm³/mol. The Balaban J connectivity index is 4.53. The van der Waals surface area contributed by atoms with Crippen LogP contribution in [0.1, 0.15) is 39.5 Å². The van der Waals surface area contributed by atoms with Gasteiger partial charge in [-0.05, 0) is 25.0 Å². The molecule has 0 aromatic heterocycles. The first-order chi connectivity index (χ1) is 9.07. The maximum Gasteiger partial charge on any atom is 0.245 e. The van der Waals surface area contributed by atoms with Gasteiger partial charge in [-0.1, -0.05) is 39.8 Å². The minimum atomic E-state index is -0.433. The zero-order chi connectivity index (χ0) is 14.7. The van der Waals surface area contributed by atoms with Crippen LogP contribution in [0.15, 0.2) is 25.3 Å². The van der Waals surface area contributed by atoms with E-state index in [1.807, 2.05) is 13.8 Å². The molecule has 2 N–H and O–H groups in total. The molecule has 2 atom stereocenters. The third-order valence-corrected chi connectivity index (χ3v) is 2.41. The third kappa shape index (κ3) is 8.15. The Bertz CT molecular complexity index is 286. The molecule has 0 aliphatic carbocycles. The highest BCUT2D eigenvalue weighted by Crippen LogP contribution is 2.06. The van der Waals surface area contributed by atoms with Crippen molar-refractivity contribution in [2.24, 2.45) is 0 Å². The maximum absolute atomic E-state index is 11.3. The van der Waals surface area contributed by atoms with Gasteiger partial charge in [0.2, 0.25) is 11.8 Å². The molecule has 5 nitrogen and oxygen atoms in total. The van der Waals surface area contributed by atoms with Gasteiger partial charge in [0.05, 0.1) is 0 Å².